The van der Waals surface area contributed by atoms with Gasteiger partial charge in [0.25, 0.3) is 0 Å². The number of nitrogens with zero attached hydrogens (tertiary/aromatic N) is 1. The summed E-state index contributed by atoms with van der Waals surface area (Å²) in [7, 11) is 0. The van der Waals surface area contributed by atoms with E-state index in [1.165, 1.54) is 5.57 Å². The molecule has 1 rings (SSSR count). The van der Waals surface area contributed by atoms with Crippen LogP contribution in [0.2, 0.25) is 0 Å². The van der Waals surface area contributed by atoms with Gasteiger partial charge in [-0.3, -0.25) is 4.99 Å². The van der Waals surface area contributed by atoms with Gasteiger partial charge in [0, 0.05) is 12.6 Å². The molecule has 0 saturated carbocycles. The zero-order chi connectivity index (χ0) is 9.68. The third-order valence-electron chi connectivity index (χ3n) is 2.40. The molecule has 0 aliphatic carbocycles. The Morgan fingerprint density at radius 2 is 2.46 bits per heavy atom. The predicted molar refractivity (Wildman–Crippen MR) is 56.9 cm³/mol. The van der Waals surface area contributed by atoms with E-state index < -0.39 is 0 Å². The van der Waals surface area contributed by atoms with Crippen molar-refractivity contribution in [1.82, 2.24) is 5.32 Å². The van der Waals surface area contributed by atoms with Crippen LogP contribution in [0.1, 0.15) is 26.7 Å². The molecule has 74 valence electrons. The van der Waals surface area contributed by atoms with E-state index in [2.05, 4.69) is 24.2 Å². The second-order valence-corrected chi connectivity index (χ2v) is 3.45. The molecule has 0 aromatic rings. The zero-order valence-electron chi connectivity index (χ0n) is 8.51. The molecule has 3 nitrogen and oxygen atoms in total. The monoisotopic (exact) mass is 181 g/mol. The largest absolute Gasteiger partial charge is 0.404 e. The average Bonchev–Trinajstić information content (AvgIpc) is 2.18. The first kappa shape index (κ1) is 10.3. The van der Waals surface area contributed by atoms with Crippen molar-refractivity contribution in [1.29, 1.82) is 0 Å². The fourth-order valence-electron chi connectivity index (χ4n) is 1.35. The summed E-state index contributed by atoms with van der Waals surface area (Å²) >= 11 is 0. The normalized spacial score (nSPS) is 26.6. The maximum atomic E-state index is 5.54. The highest BCUT2D eigenvalue weighted by Gasteiger charge is 2.12. The summed E-state index contributed by atoms with van der Waals surface area (Å²) in [5, 5.41) is 3.30. The van der Waals surface area contributed by atoms with Crippen LogP contribution < -0.4 is 11.1 Å². The summed E-state index contributed by atoms with van der Waals surface area (Å²) in [4.78, 5) is 4.61. The van der Waals surface area contributed by atoms with Gasteiger partial charge in [0.2, 0.25) is 0 Å². The van der Waals surface area contributed by atoms with E-state index in [4.69, 9.17) is 5.73 Å². The van der Waals surface area contributed by atoms with Gasteiger partial charge in [-0.15, -0.1) is 0 Å². The fraction of sp³-hybridized carbons (Fsp3) is 0.700. The van der Waals surface area contributed by atoms with Crippen LogP contribution in [-0.2, 0) is 0 Å². The molecule has 0 spiro atoms. The molecule has 1 atom stereocenters. The van der Waals surface area contributed by atoms with Crippen molar-refractivity contribution in [3.63, 3.8) is 0 Å². The number of hydrogen-bond acceptors (Lipinski definition) is 3. The Balaban J connectivity index is 2.69. The SMILES string of the molecule is CCC(C)/N=C1/CNCC/C1=C/N. The van der Waals surface area contributed by atoms with E-state index in [1.807, 2.05) is 0 Å². The zero-order valence-corrected chi connectivity index (χ0v) is 8.51. The van der Waals surface area contributed by atoms with Crippen LogP contribution in [0, 0.1) is 0 Å². The van der Waals surface area contributed by atoms with E-state index in [0.717, 1.165) is 31.6 Å². The first-order chi connectivity index (χ1) is 6.27. The molecule has 0 amide bonds. The molecule has 1 saturated heterocycles. The van der Waals surface area contributed by atoms with Crippen LogP contribution in [0.15, 0.2) is 16.8 Å². The van der Waals surface area contributed by atoms with E-state index in [-0.39, 0.29) is 0 Å². The lowest BCUT2D eigenvalue weighted by Crippen LogP contribution is -2.33. The summed E-state index contributed by atoms with van der Waals surface area (Å²) < 4.78 is 0. The van der Waals surface area contributed by atoms with Crippen LogP contribution in [0.4, 0.5) is 0 Å². The molecule has 1 heterocycles. The summed E-state index contributed by atoms with van der Waals surface area (Å²) in [6.45, 7) is 6.17. The van der Waals surface area contributed by atoms with Gasteiger partial charge in [-0.25, -0.2) is 0 Å². The first-order valence-electron chi connectivity index (χ1n) is 4.96. The van der Waals surface area contributed by atoms with Gasteiger partial charge in [-0.1, -0.05) is 6.92 Å². The number of piperidine rings is 1. The molecule has 3 heteroatoms. The summed E-state index contributed by atoms with van der Waals surface area (Å²) in [5.41, 5.74) is 7.89. The van der Waals surface area contributed by atoms with E-state index >= 15 is 0 Å². The van der Waals surface area contributed by atoms with Crippen molar-refractivity contribution in [2.75, 3.05) is 13.1 Å². The minimum Gasteiger partial charge on any atom is -0.404 e. The molecule has 0 bridgehead atoms. The third-order valence-corrected chi connectivity index (χ3v) is 2.40. The molecule has 1 aliphatic rings. The second-order valence-electron chi connectivity index (χ2n) is 3.45. The van der Waals surface area contributed by atoms with E-state index in [0.29, 0.717) is 6.04 Å². The number of nitrogens with one attached hydrogen (secondary N) is 1. The van der Waals surface area contributed by atoms with Crippen LogP contribution in [0.5, 0.6) is 0 Å². The van der Waals surface area contributed by atoms with Crippen LogP contribution in [-0.4, -0.2) is 24.8 Å². The lowest BCUT2D eigenvalue weighted by atomic mass is 10.0. The van der Waals surface area contributed by atoms with Crippen molar-refractivity contribution >= 4 is 5.71 Å². The maximum Gasteiger partial charge on any atom is 0.0536 e. The maximum absolute atomic E-state index is 5.54. The lowest BCUT2D eigenvalue weighted by Gasteiger charge is -2.19. The molecular formula is C10H19N3. The summed E-state index contributed by atoms with van der Waals surface area (Å²) in [6, 6.07) is 0.407. The minimum absolute atomic E-state index is 0.407. The molecule has 0 aromatic carbocycles. The highest BCUT2D eigenvalue weighted by molar-refractivity contribution is 6.02. The Hall–Kier alpha value is -0.830. The average molecular weight is 181 g/mol. The summed E-state index contributed by atoms with van der Waals surface area (Å²) in [5.74, 6) is 0. The van der Waals surface area contributed by atoms with Crippen LogP contribution >= 0.6 is 0 Å². The molecular weight excluding hydrogens is 162 g/mol. The van der Waals surface area contributed by atoms with Gasteiger partial charge >= 0.3 is 0 Å². The molecule has 1 aliphatic heterocycles. The molecule has 1 fully saturated rings. The Bertz CT molecular complexity index is 218. The Morgan fingerprint density at radius 1 is 1.69 bits per heavy atom. The van der Waals surface area contributed by atoms with Crippen LogP contribution in [0.25, 0.3) is 0 Å². The van der Waals surface area contributed by atoms with Crippen molar-refractivity contribution in [3.05, 3.63) is 11.8 Å². The highest BCUT2D eigenvalue weighted by atomic mass is 14.9. The van der Waals surface area contributed by atoms with Crippen molar-refractivity contribution in [3.8, 4) is 0 Å². The molecule has 3 N–H and O–H groups in total. The first-order valence-corrected chi connectivity index (χ1v) is 4.96. The highest BCUT2D eigenvalue weighted by Crippen LogP contribution is 2.09. The third kappa shape index (κ3) is 2.84. The quantitative estimate of drug-likeness (QED) is 0.669. The predicted octanol–water partition coefficient (Wildman–Crippen LogP) is 1.06. The molecule has 0 radical (unpaired) electrons. The summed E-state index contributed by atoms with van der Waals surface area (Å²) in [6.07, 6.45) is 3.79. The van der Waals surface area contributed by atoms with Crippen LogP contribution in [0.3, 0.4) is 0 Å². The van der Waals surface area contributed by atoms with E-state index in [9.17, 15) is 0 Å². The number of aliphatic imine (C=N–C) groups is 1. The standard InChI is InChI=1S/C10H19N3/c1-3-8(2)13-10-7-12-5-4-9(10)6-11/h6,8,12H,3-5,7,11H2,1-2H3/b9-6-,13-10-. The van der Waals surface area contributed by atoms with Gasteiger partial charge in [0.05, 0.1) is 5.71 Å². The minimum atomic E-state index is 0.407. The second kappa shape index (κ2) is 5.02. The Morgan fingerprint density at radius 3 is 3.08 bits per heavy atom. The lowest BCUT2D eigenvalue weighted by molar-refractivity contribution is 0.688. The molecule has 13 heavy (non-hydrogen) atoms. The van der Waals surface area contributed by atoms with Crippen molar-refractivity contribution < 1.29 is 0 Å². The number of hydrogen-bond donors (Lipinski definition) is 2. The number of nitrogens with two attached hydrogens (primary N) is 1. The van der Waals surface area contributed by atoms with Gasteiger partial charge in [0.1, 0.15) is 0 Å². The van der Waals surface area contributed by atoms with E-state index in [1.54, 1.807) is 6.20 Å². The van der Waals surface area contributed by atoms with Gasteiger partial charge in [0.15, 0.2) is 0 Å². The van der Waals surface area contributed by atoms with Gasteiger partial charge in [-0.2, -0.15) is 0 Å². The molecule has 0 aromatic heterocycles. The fourth-order valence-corrected chi connectivity index (χ4v) is 1.35. The number of rotatable bonds is 2. The van der Waals surface area contributed by atoms with Crippen molar-refractivity contribution in [2.24, 2.45) is 10.7 Å². The Labute approximate surface area is 80.1 Å². The topological polar surface area (TPSA) is 50.4 Å². The van der Waals surface area contributed by atoms with Gasteiger partial charge in [-0.05, 0) is 38.1 Å². The van der Waals surface area contributed by atoms with Gasteiger partial charge < -0.3 is 11.1 Å². The smallest absolute Gasteiger partial charge is 0.0536 e. The van der Waals surface area contributed by atoms with Crippen molar-refractivity contribution in [2.45, 2.75) is 32.7 Å². The Kier molecular flexibility index (Phi) is 3.96. The molecule has 1 unspecified atom stereocenters.